The summed E-state index contributed by atoms with van der Waals surface area (Å²) in [6.45, 7) is 1.58. The predicted molar refractivity (Wildman–Crippen MR) is 86.2 cm³/mol. The molecule has 1 heterocycles. The SMILES string of the molecule is COc1cc(Br)c(S(=O)(=O)N2CCC(CN)CC2)cc1Cl. The fourth-order valence-corrected chi connectivity index (χ4v) is 5.17. The number of hydrogen-bond acceptors (Lipinski definition) is 4. The van der Waals surface area contributed by atoms with Crippen molar-refractivity contribution in [3.05, 3.63) is 21.6 Å². The molecule has 1 fully saturated rings. The van der Waals surface area contributed by atoms with Gasteiger partial charge in [0.25, 0.3) is 0 Å². The molecule has 21 heavy (non-hydrogen) atoms. The van der Waals surface area contributed by atoms with Gasteiger partial charge in [0.15, 0.2) is 0 Å². The molecule has 1 aliphatic rings. The average molecular weight is 398 g/mol. The third kappa shape index (κ3) is 3.53. The zero-order valence-corrected chi connectivity index (χ0v) is 14.8. The number of halogens is 2. The van der Waals surface area contributed by atoms with E-state index in [4.69, 9.17) is 22.1 Å². The van der Waals surface area contributed by atoms with E-state index in [1.54, 1.807) is 6.07 Å². The molecule has 0 unspecified atom stereocenters. The second-order valence-corrected chi connectivity index (χ2v) is 8.17. The van der Waals surface area contributed by atoms with Gasteiger partial charge in [0.1, 0.15) is 5.75 Å². The number of ether oxygens (including phenoxy) is 1. The van der Waals surface area contributed by atoms with Gasteiger partial charge in [-0.2, -0.15) is 4.31 Å². The van der Waals surface area contributed by atoms with Gasteiger partial charge in [0.2, 0.25) is 10.0 Å². The highest BCUT2D eigenvalue weighted by atomic mass is 79.9. The topological polar surface area (TPSA) is 72.6 Å². The lowest BCUT2D eigenvalue weighted by atomic mass is 9.99. The number of benzene rings is 1. The van der Waals surface area contributed by atoms with Crippen molar-refractivity contribution < 1.29 is 13.2 Å². The molecule has 0 aromatic heterocycles. The summed E-state index contributed by atoms with van der Waals surface area (Å²) in [6, 6.07) is 3.00. The number of hydrogen-bond donors (Lipinski definition) is 1. The number of methoxy groups -OCH3 is 1. The molecule has 1 aromatic rings. The summed E-state index contributed by atoms with van der Waals surface area (Å²) in [7, 11) is -2.08. The molecule has 0 radical (unpaired) electrons. The largest absolute Gasteiger partial charge is 0.495 e. The number of rotatable bonds is 4. The van der Waals surface area contributed by atoms with Gasteiger partial charge in [0, 0.05) is 17.6 Å². The van der Waals surface area contributed by atoms with E-state index in [0.717, 1.165) is 12.8 Å². The minimum Gasteiger partial charge on any atom is -0.495 e. The van der Waals surface area contributed by atoms with Gasteiger partial charge in [-0.1, -0.05) is 11.6 Å². The normalized spacial score (nSPS) is 17.9. The van der Waals surface area contributed by atoms with Crippen LogP contribution < -0.4 is 10.5 Å². The zero-order chi connectivity index (χ0) is 15.6. The summed E-state index contributed by atoms with van der Waals surface area (Å²) in [5.74, 6) is 0.837. The van der Waals surface area contributed by atoms with Crippen LogP contribution in [0.3, 0.4) is 0 Å². The van der Waals surface area contributed by atoms with Crippen LogP contribution in [0.2, 0.25) is 5.02 Å². The first-order chi connectivity index (χ1) is 9.90. The number of piperidine rings is 1. The van der Waals surface area contributed by atoms with Gasteiger partial charge in [-0.25, -0.2) is 8.42 Å². The molecule has 0 amide bonds. The van der Waals surface area contributed by atoms with Gasteiger partial charge in [-0.15, -0.1) is 0 Å². The lowest BCUT2D eigenvalue weighted by molar-refractivity contribution is 0.278. The van der Waals surface area contributed by atoms with E-state index in [9.17, 15) is 8.42 Å². The Bertz CT molecular complexity index is 616. The average Bonchev–Trinajstić information content (AvgIpc) is 2.49. The van der Waals surface area contributed by atoms with Crippen LogP contribution in [-0.4, -0.2) is 39.5 Å². The first-order valence-corrected chi connectivity index (χ1v) is 9.24. The monoisotopic (exact) mass is 396 g/mol. The van der Waals surface area contributed by atoms with E-state index in [2.05, 4.69) is 15.9 Å². The molecular weight excluding hydrogens is 380 g/mol. The highest BCUT2D eigenvalue weighted by Crippen LogP contribution is 2.35. The number of sulfonamides is 1. The van der Waals surface area contributed by atoms with Crippen molar-refractivity contribution in [1.82, 2.24) is 4.31 Å². The molecule has 2 N–H and O–H groups in total. The molecule has 1 aliphatic heterocycles. The van der Waals surface area contributed by atoms with Crippen molar-refractivity contribution in [2.75, 3.05) is 26.7 Å². The Morgan fingerprint density at radius 3 is 2.57 bits per heavy atom. The third-order valence-electron chi connectivity index (χ3n) is 3.73. The molecule has 8 heteroatoms. The predicted octanol–water partition coefficient (Wildman–Crippen LogP) is 2.47. The Morgan fingerprint density at radius 1 is 1.43 bits per heavy atom. The third-order valence-corrected chi connectivity index (χ3v) is 6.88. The second kappa shape index (κ2) is 6.83. The summed E-state index contributed by atoms with van der Waals surface area (Å²) >= 11 is 9.33. The van der Waals surface area contributed by atoms with E-state index in [0.29, 0.717) is 35.8 Å². The van der Waals surface area contributed by atoms with Crippen LogP contribution in [0.25, 0.3) is 0 Å². The quantitative estimate of drug-likeness (QED) is 0.847. The summed E-state index contributed by atoms with van der Waals surface area (Å²) in [5.41, 5.74) is 5.64. The first kappa shape index (κ1) is 17.0. The minimum absolute atomic E-state index is 0.166. The van der Waals surface area contributed by atoms with Gasteiger partial charge < -0.3 is 10.5 Å². The molecule has 0 bridgehead atoms. The summed E-state index contributed by atoms with van der Waals surface area (Å²) < 4.78 is 32.5. The van der Waals surface area contributed by atoms with Gasteiger partial charge in [-0.3, -0.25) is 0 Å². The van der Waals surface area contributed by atoms with Crippen LogP contribution >= 0.6 is 27.5 Å². The van der Waals surface area contributed by atoms with Crippen LogP contribution in [0, 0.1) is 5.92 Å². The van der Waals surface area contributed by atoms with Crippen LogP contribution in [0.15, 0.2) is 21.5 Å². The van der Waals surface area contributed by atoms with Gasteiger partial charge in [-0.05, 0) is 53.4 Å². The Morgan fingerprint density at radius 2 is 2.05 bits per heavy atom. The van der Waals surface area contributed by atoms with Crippen LogP contribution in [-0.2, 0) is 10.0 Å². The standard InChI is InChI=1S/C13H18BrClN2O3S/c1-20-12-6-10(14)13(7-11(12)15)21(18,19)17-4-2-9(8-16)3-5-17/h6-7,9H,2-5,8,16H2,1H3. The maximum atomic E-state index is 12.7. The maximum Gasteiger partial charge on any atom is 0.244 e. The molecule has 5 nitrogen and oxygen atoms in total. The van der Waals surface area contributed by atoms with Crippen molar-refractivity contribution in [1.29, 1.82) is 0 Å². The summed E-state index contributed by atoms with van der Waals surface area (Å²) in [4.78, 5) is 0.166. The highest BCUT2D eigenvalue weighted by molar-refractivity contribution is 9.10. The molecule has 0 spiro atoms. The highest BCUT2D eigenvalue weighted by Gasteiger charge is 2.31. The van der Waals surface area contributed by atoms with Crippen molar-refractivity contribution in [2.45, 2.75) is 17.7 Å². The lowest BCUT2D eigenvalue weighted by Gasteiger charge is -2.30. The van der Waals surface area contributed by atoms with Crippen LogP contribution in [0.4, 0.5) is 0 Å². The fraction of sp³-hybridized carbons (Fsp3) is 0.538. The maximum absolute atomic E-state index is 12.7. The first-order valence-electron chi connectivity index (χ1n) is 6.63. The minimum atomic E-state index is -3.57. The number of nitrogens with zero attached hydrogens (tertiary/aromatic N) is 1. The molecule has 2 rings (SSSR count). The van der Waals surface area contributed by atoms with E-state index >= 15 is 0 Å². The molecule has 1 saturated heterocycles. The second-order valence-electron chi connectivity index (χ2n) is 5.00. The Balaban J connectivity index is 2.30. The van der Waals surface area contributed by atoms with Crippen molar-refractivity contribution >= 4 is 37.6 Å². The molecular formula is C13H18BrClN2O3S. The Labute approximate surface area is 138 Å². The van der Waals surface area contributed by atoms with Gasteiger partial charge >= 0.3 is 0 Å². The fourth-order valence-electron chi connectivity index (χ4n) is 2.39. The molecule has 0 atom stereocenters. The van der Waals surface area contributed by atoms with Crippen molar-refractivity contribution in [2.24, 2.45) is 11.7 Å². The van der Waals surface area contributed by atoms with E-state index in [1.165, 1.54) is 17.5 Å². The molecule has 1 aromatic carbocycles. The summed E-state index contributed by atoms with van der Waals surface area (Å²) in [5, 5.41) is 0.274. The van der Waals surface area contributed by atoms with E-state index < -0.39 is 10.0 Å². The number of nitrogens with two attached hydrogens (primary N) is 1. The zero-order valence-electron chi connectivity index (χ0n) is 11.7. The van der Waals surface area contributed by atoms with E-state index in [1.807, 2.05) is 0 Å². The van der Waals surface area contributed by atoms with Crippen molar-refractivity contribution in [3.8, 4) is 5.75 Å². The Hall–Kier alpha value is -0.340. The molecule has 118 valence electrons. The van der Waals surface area contributed by atoms with Crippen LogP contribution in [0.5, 0.6) is 5.75 Å². The molecule has 0 aliphatic carbocycles. The Kier molecular flexibility index (Phi) is 5.54. The summed E-state index contributed by atoms with van der Waals surface area (Å²) in [6.07, 6.45) is 1.58. The molecule has 0 saturated carbocycles. The van der Waals surface area contributed by atoms with Crippen molar-refractivity contribution in [3.63, 3.8) is 0 Å². The smallest absolute Gasteiger partial charge is 0.244 e. The lowest BCUT2D eigenvalue weighted by Crippen LogP contribution is -2.40. The van der Waals surface area contributed by atoms with Crippen LogP contribution in [0.1, 0.15) is 12.8 Å². The van der Waals surface area contributed by atoms with Gasteiger partial charge in [0.05, 0.1) is 17.0 Å². The van der Waals surface area contributed by atoms with E-state index in [-0.39, 0.29) is 9.92 Å².